The highest BCUT2D eigenvalue weighted by Gasteiger charge is 2.50. The second-order valence-corrected chi connectivity index (χ2v) is 13.7. The smallest absolute Gasteiger partial charge is 0.336 e. The van der Waals surface area contributed by atoms with Crippen LogP contribution in [0.4, 0.5) is 10.2 Å². The molecule has 1 aromatic carbocycles. The van der Waals surface area contributed by atoms with Crippen molar-refractivity contribution in [2.45, 2.75) is 49.5 Å². The summed E-state index contributed by atoms with van der Waals surface area (Å²) in [5.41, 5.74) is 7.07. The number of nitrogens with two attached hydrogens (primary N) is 1. The van der Waals surface area contributed by atoms with E-state index in [1.54, 1.807) is 16.7 Å². The van der Waals surface area contributed by atoms with Gasteiger partial charge in [0.25, 0.3) is 7.82 Å². The summed E-state index contributed by atoms with van der Waals surface area (Å²) in [6.45, 7) is -1.33. The summed E-state index contributed by atoms with van der Waals surface area (Å²) < 4.78 is 87.0. The molecule has 236 valence electrons. The van der Waals surface area contributed by atoms with E-state index in [0.717, 1.165) is 6.33 Å². The number of ether oxygens (including phenoxy) is 2. The normalized spacial score (nSPS) is 34.4. The van der Waals surface area contributed by atoms with Gasteiger partial charge in [0.2, 0.25) is 0 Å². The Hall–Kier alpha value is -2.55. The molecule has 3 aliphatic heterocycles. The van der Waals surface area contributed by atoms with E-state index in [-0.39, 0.29) is 33.4 Å². The maximum atomic E-state index is 15.8. The van der Waals surface area contributed by atoms with Crippen LogP contribution in [0.5, 0.6) is 0 Å². The Morgan fingerprint density at radius 1 is 1.07 bits per heavy atom. The number of anilines is 1. The minimum atomic E-state index is -5.22. The standard InChI is InChI=1S/C22H22Cl2FN8O9PS/c23-9-1-11-12(2-10(9)24)32(7-29-11)16-3-13-15(39-16)5-38-43(34,35)41-19-14(4-31-44(36,37)42-13)40-22(17(19)25)33-8-30-18-20(26)27-6-28-21(18)33/h1-2,6-8,13-17,19,22,31H,3-5H2,(H,34,35)(H2,26,27,28)/p-1/t13-,14+,15+,16+,17+,19+,22+/m0/s1. The number of hydrogen-bond donors (Lipinski definition) is 2. The fourth-order valence-electron chi connectivity index (χ4n) is 5.36. The van der Waals surface area contributed by atoms with E-state index in [4.69, 9.17) is 51.6 Å². The second-order valence-electron chi connectivity index (χ2n) is 10.1. The van der Waals surface area contributed by atoms with Gasteiger partial charge in [-0.2, -0.15) is 13.1 Å². The van der Waals surface area contributed by atoms with Crippen molar-refractivity contribution in [3.05, 3.63) is 41.2 Å². The molecule has 0 saturated carbocycles. The van der Waals surface area contributed by atoms with Crippen molar-refractivity contribution in [2.75, 3.05) is 18.9 Å². The number of fused-ring (bicyclic) bond motifs is 4. The van der Waals surface area contributed by atoms with Gasteiger partial charge in [-0.3, -0.25) is 13.3 Å². The molecule has 1 unspecified atom stereocenters. The summed E-state index contributed by atoms with van der Waals surface area (Å²) in [4.78, 5) is 29.1. The van der Waals surface area contributed by atoms with Crippen LogP contribution in [-0.2, 0) is 37.6 Å². The number of phosphoric acid groups is 1. The SMILES string of the molecule is Nc1ncnc2c1ncn2[C@@H]1O[C@@H]2CNS(=O)(=O)O[C@H]3C[C@H](n4cnc5cc(Cl)c(Cl)cc54)O[C@@H]3COP(=O)([O-])O[C@H]2[C@H]1F. The van der Waals surface area contributed by atoms with Gasteiger partial charge in [-0.15, -0.1) is 0 Å². The van der Waals surface area contributed by atoms with Crippen LogP contribution >= 0.6 is 31.0 Å². The lowest BCUT2D eigenvalue weighted by atomic mass is 10.1. The molecule has 3 N–H and O–H groups in total. The topological polar surface area (TPSA) is 220 Å². The van der Waals surface area contributed by atoms with E-state index in [0.29, 0.717) is 11.0 Å². The minimum Gasteiger partial charge on any atom is -0.756 e. The number of phosphoric ester groups is 1. The van der Waals surface area contributed by atoms with Crippen LogP contribution in [-0.4, -0.2) is 81.2 Å². The molecule has 0 bridgehead atoms. The van der Waals surface area contributed by atoms with Crippen molar-refractivity contribution < 1.29 is 45.0 Å². The molecule has 44 heavy (non-hydrogen) atoms. The Bertz CT molecular complexity index is 1920. The number of alkyl halides is 1. The van der Waals surface area contributed by atoms with Crippen LogP contribution in [0.3, 0.4) is 0 Å². The quantitative estimate of drug-likeness (QED) is 0.283. The third-order valence-corrected chi connectivity index (χ3v) is 10.1. The van der Waals surface area contributed by atoms with Crippen molar-refractivity contribution in [3.8, 4) is 0 Å². The number of rotatable bonds is 2. The maximum Gasteiger partial charge on any atom is 0.336 e. The van der Waals surface area contributed by atoms with Crippen molar-refractivity contribution in [1.82, 2.24) is 33.8 Å². The van der Waals surface area contributed by atoms with Gasteiger partial charge in [0.15, 0.2) is 23.9 Å². The van der Waals surface area contributed by atoms with Crippen LogP contribution in [0.2, 0.25) is 10.0 Å². The number of aromatic nitrogens is 6. The lowest BCUT2D eigenvalue weighted by Crippen LogP contribution is -2.44. The van der Waals surface area contributed by atoms with Crippen molar-refractivity contribution in [2.24, 2.45) is 0 Å². The molecule has 0 amide bonds. The predicted molar refractivity (Wildman–Crippen MR) is 147 cm³/mol. The first kappa shape index (κ1) is 30.1. The first-order chi connectivity index (χ1) is 20.9. The van der Waals surface area contributed by atoms with Gasteiger partial charge in [0, 0.05) is 13.0 Å². The molecule has 22 heteroatoms. The molecule has 3 aromatic heterocycles. The molecule has 3 saturated heterocycles. The molecule has 8 atom stereocenters. The van der Waals surface area contributed by atoms with E-state index in [9.17, 15) is 17.9 Å². The van der Waals surface area contributed by atoms with Gasteiger partial charge in [-0.1, -0.05) is 23.2 Å². The number of halogens is 3. The van der Waals surface area contributed by atoms with Gasteiger partial charge in [0.05, 0.1) is 40.3 Å². The van der Waals surface area contributed by atoms with Crippen molar-refractivity contribution >= 4 is 69.3 Å². The van der Waals surface area contributed by atoms with Gasteiger partial charge < -0.3 is 33.7 Å². The van der Waals surface area contributed by atoms with Gasteiger partial charge in [-0.25, -0.2) is 24.3 Å². The zero-order valence-electron chi connectivity index (χ0n) is 22.0. The molecule has 6 heterocycles. The number of hydrogen-bond acceptors (Lipinski definition) is 14. The molecular weight excluding hydrogens is 673 g/mol. The summed E-state index contributed by atoms with van der Waals surface area (Å²) in [7, 11) is -9.74. The molecule has 4 aromatic rings. The van der Waals surface area contributed by atoms with Crippen LogP contribution in [0, 0.1) is 0 Å². The monoisotopic (exact) mass is 693 g/mol. The zero-order valence-corrected chi connectivity index (χ0v) is 25.2. The molecule has 0 radical (unpaired) electrons. The molecule has 0 spiro atoms. The van der Waals surface area contributed by atoms with Gasteiger partial charge >= 0.3 is 10.3 Å². The second kappa shape index (κ2) is 11.1. The molecule has 17 nitrogen and oxygen atoms in total. The van der Waals surface area contributed by atoms with Crippen LogP contribution in [0.1, 0.15) is 18.9 Å². The Balaban J connectivity index is 1.15. The summed E-state index contributed by atoms with van der Waals surface area (Å²) in [5.74, 6) is 0.0247. The molecule has 3 fully saturated rings. The predicted octanol–water partition coefficient (Wildman–Crippen LogP) is 1.39. The Labute approximate surface area is 257 Å². The molecular formula is C22H21Cl2FN8O9PS-. The van der Waals surface area contributed by atoms with E-state index in [1.807, 2.05) is 0 Å². The van der Waals surface area contributed by atoms with Gasteiger partial charge in [-0.05, 0) is 12.1 Å². The van der Waals surface area contributed by atoms with Crippen LogP contribution < -0.4 is 15.3 Å². The summed E-state index contributed by atoms with van der Waals surface area (Å²) in [6, 6.07) is 3.11. The van der Waals surface area contributed by atoms with Crippen molar-refractivity contribution in [1.29, 1.82) is 0 Å². The number of imidazole rings is 2. The largest absolute Gasteiger partial charge is 0.756 e. The van der Waals surface area contributed by atoms with E-state index >= 15 is 4.39 Å². The third-order valence-electron chi connectivity index (χ3n) is 7.40. The van der Waals surface area contributed by atoms with Crippen LogP contribution in [0.25, 0.3) is 22.2 Å². The van der Waals surface area contributed by atoms with E-state index < -0.39 is 74.3 Å². The number of benzene rings is 1. The summed E-state index contributed by atoms with van der Waals surface area (Å²) in [6.07, 6.45) is -6.53. The first-order valence-corrected chi connectivity index (χ1v) is 16.5. The lowest BCUT2D eigenvalue weighted by Gasteiger charge is -2.31. The highest BCUT2D eigenvalue weighted by Crippen LogP contribution is 2.47. The Morgan fingerprint density at radius 2 is 1.84 bits per heavy atom. The van der Waals surface area contributed by atoms with Gasteiger partial charge in [0.1, 0.15) is 42.5 Å². The average molecular weight is 694 g/mol. The molecule has 7 rings (SSSR count). The van der Waals surface area contributed by atoms with E-state index in [2.05, 4.69) is 24.7 Å². The fraction of sp³-hybridized carbons (Fsp3) is 0.455. The number of nitrogens with zero attached hydrogens (tertiary/aromatic N) is 6. The number of nitrogens with one attached hydrogen (secondary N) is 1. The maximum absolute atomic E-state index is 15.8. The lowest BCUT2D eigenvalue weighted by molar-refractivity contribution is -0.235. The molecule has 3 aliphatic rings. The van der Waals surface area contributed by atoms with Crippen LogP contribution in [0.15, 0.2) is 31.1 Å². The highest BCUT2D eigenvalue weighted by molar-refractivity contribution is 7.84. The number of nitrogen functional groups attached to an aromatic ring is 1. The van der Waals surface area contributed by atoms with Crippen molar-refractivity contribution in [3.63, 3.8) is 0 Å². The minimum absolute atomic E-state index is 0.0247. The fourth-order valence-corrected chi connectivity index (χ4v) is 7.58. The first-order valence-electron chi connectivity index (χ1n) is 12.9. The summed E-state index contributed by atoms with van der Waals surface area (Å²) >= 11 is 12.2. The zero-order chi connectivity index (χ0) is 31.0. The Kier molecular flexibility index (Phi) is 7.57. The molecule has 0 aliphatic carbocycles. The van der Waals surface area contributed by atoms with E-state index in [1.165, 1.54) is 17.2 Å². The summed E-state index contributed by atoms with van der Waals surface area (Å²) in [5, 5.41) is 0.534. The Morgan fingerprint density at radius 3 is 2.66 bits per heavy atom. The third kappa shape index (κ3) is 5.45. The highest BCUT2D eigenvalue weighted by atomic mass is 35.5. The average Bonchev–Trinajstić information content (AvgIpc) is 3.73.